The van der Waals surface area contributed by atoms with E-state index in [2.05, 4.69) is 26.1 Å². The number of aromatic nitrogens is 2. The van der Waals surface area contributed by atoms with Crippen molar-refractivity contribution in [3.63, 3.8) is 0 Å². The highest BCUT2D eigenvalue weighted by molar-refractivity contribution is 9.10. The summed E-state index contributed by atoms with van der Waals surface area (Å²) in [6, 6.07) is 11.2. The zero-order chi connectivity index (χ0) is 15.4. The van der Waals surface area contributed by atoms with Gasteiger partial charge in [0.15, 0.2) is 0 Å². The van der Waals surface area contributed by atoms with E-state index in [0.717, 1.165) is 5.56 Å². The monoisotopic (exact) mass is 348 g/mol. The Morgan fingerprint density at radius 3 is 2.48 bits per heavy atom. The summed E-state index contributed by atoms with van der Waals surface area (Å²) in [6.07, 6.45) is 0.0839. The summed E-state index contributed by atoms with van der Waals surface area (Å²) in [7, 11) is 0. The molecule has 0 saturated carbocycles. The molecule has 0 amide bonds. The maximum atomic E-state index is 11.4. The van der Waals surface area contributed by atoms with Crippen LogP contribution in [0.2, 0.25) is 0 Å². The average molecular weight is 349 g/mol. The minimum atomic E-state index is -1.13. The van der Waals surface area contributed by atoms with E-state index in [-0.39, 0.29) is 12.2 Å². The third-order valence-electron chi connectivity index (χ3n) is 3.10. The van der Waals surface area contributed by atoms with Crippen LogP contribution in [0.25, 0.3) is 11.3 Å². The zero-order valence-electron chi connectivity index (χ0n) is 11.3. The van der Waals surface area contributed by atoms with Crippen LogP contribution in [0.4, 0.5) is 0 Å². The van der Waals surface area contributed by atoms with Crippen molar-refractivity contribution >= 4 is 27.7 Å². The van der Waals surface area contributed by atoms with Crippen molar-refractivity contribution < 1.29 is 14.7 Å². The number of carboxylic acids is 1. The number of carbonyl (C=O) groups excluding carboxylic acids is 1. The van der Waals surface area contributed by atoms with E-state index in [1.807, 2.05) is 30.3 Å². The molecule has 2 aromatic rings. The molecule has 1 aromatic heterocycles. The van der Waals surface area contributed by atoms with E-state index in [0.29, 0.717) is 15.9 Å². The lowest BCUT2D eigenvalue weighted by Crippen LogP contribution is -2.24. The summed E-state index contributed by atoms with van der Waals surface area (Å²) < 4.78 is 0.453. The van der Waals surface area contributed by atoms with Gasteiger partial charge in [0.25, 0.3) is 0 Å². The number of halogens is 1. The molecule has 21 heavy (non-hydrogen) atoms. The van der Waals surface area contributed by atoms with Crippen LogP contribution in [0.15, 0.2) is 41.0 Å². The first kappa shape index (κ1) is 15.3. The fourth-order valence-electron chi connectivity index (χ4n) is 1.93. The molecule has 0 saturated heterocycles. The average Bonchev–Trinajstić information content (AvgIpc) is 2.46. The van der Waals surface area contributed by atoms with Crippen LogP contribution in [0.3, 0.4) is 0 Å². The van der Waals surface area contributed by atoms with Gasteiger partial charge in [0, 0.05) is 5.56 Å². The number of benzene rings is 1. The maximum Gasteiger partial charge on any atom is 0.314 e. The first-order chi connectivity index (χ1) is 9.99. The number of carboxylic acid groups (broad SMARTS) is 1. The first-order valence-electron chi connectivity index (χ1n) is 6.30. The van der Waals surface area contributed by atoms with Crippen molar-refractivity contribution in [1.82, 2.24) is 10.2 Å². The normalized spacial score (nSPS) is 11.9. The second kappa shape index (κ2) is 6.58. The van der Waals surface area contributed by atoms with Gasteiger partial charge in [0.2, 0.25) is 0 Å². The SMILES string of the molecule is CC(=O)C(Cc1cc(-c2ccccc2)nnc1Br)C(=O)O. The molecule has 6 heteroatoms. The summed E-state index contributed by atoms with van der Waals surface area (Å²) >= 11 is 3.25. The quantitative estimate of drug-likeness (QED) is 0.840. The molecule has 0 aliphatic rings. The van der Waals surface area contributed by atoms with Crippen LogP contribution < -0.4 is 0 Å². The van der Waals surface area contributed by atoms with E-state index in [1.54, 1.807) is 6.07 Å². The van der Waals surface area contributed by atoms with Crippen molar-refractivity contribution in [3.8, 4) is 11.3 Å². The number of hydrogen-bond acceptors (Lipinski definition) is 4. The minimum absolute atomic E-state index is 0.0839. The molecule has 1 heterocycles. The molecule has 2 rings (SSSR count). The molecule has 0 radical (unpaired) electrons. The predicted molar refractivity (Wildman–Crippen MR) is 80.7 cm³/mol. The van der Waals surface area contributed by atoms with Gasteiger partial charge in [-0.15, -0.1) is 10.2 Å². The molecule has 0 aliphatic carbocycles. The van der Waals surface area contributed by atoms with Crippen LogP contribution in [0.1, 0.15) is 12.5 Å². The fourth-order valence-corrected chi connectivity index (χ4v) is 2.29. The van der Waals surface area contributed by atoms with Crippen molar-refractivity contribution in [2.24, 2.45) is 5.92 Å². The van der Waals surface area contributed by atoms with Gasteiger partial charge in [-0.1, -0.05) is 30.3 Å². The lowest BCUT2D eigenvalue weighted by Gasteiger charge is -2.10. The van der Waals surface area contributed by atoms with Gasteiger partial charge in [-0.25, -0.2) is 0 Å². The van der Waals surface area contributed by atoms with E-state index in [9.17, 15) is 9.59 Å². The van der Waals surface area contributed by atoms with Gasteiger partial charge in [-0.3, -0.25) is 9.59 Å². The second-order valence-corrected chi connectivity index (χ2v) is 5.37. The van der Waals surface area contributed by atoms with Crippen molar-refractivity contribution in [2.75, 3.05) is 0 Å². The summed E-state index contributed by atoms with van der Waals surface area (Å²) in [5.74, 6) is -2.59. The molecule has 1 aromatic carbocycles. The Kier molecular flexibility index (Phi) is 4.80. The number of ketones is 1. The molecule has 0 bridgehead atoms. The summed E-state index contributed by atoms with van der Waals surface area (Å²) in [5.41, 5.74) is 2.17. The van der Waals surface area contributed by atoms with Crippen molar-refractivity contribution in [1.29, 1.82) is 0 Å². The third kappa shape index (κ3) is 3.72. The minimum Gasteiger partial charge on any atom is -0.481 e. The molecule has 1 unspecified atom stereocenters. The van der Waals surface area contributed by atoms with E-state index < -0.39 is 11.9 Å². The van der Waals surface area contributed by atoms with Crippen LogP contribution in [-0.4, -0.2) is 27.1 Å². The van der Waals surface area contributed by atoms with Crippen LogP contribution in [0.5, 0.6) is 0 Å². The molecule has 108 valence electrons. The highest BCUT2D eigenvalue weighted by atomic mass is 79.9. The number of nitrogens with zero attached hydrogens (tertiary/aromatic N) is 2. The standard InChI is InChI=1S/C15H13BrN2O3/c1-9(19)12(15(20)21)7-11-8-13(17-18-14(11)16)10-5-3-2-4-6-10/h2-6,8,12H,7H2,1H3,(H,20,21). The lowest BCUT2D eigenvalue weighted by atomic mass is 9.96. The number of aliphatic carboxylic acids is 1. The largest absolute Gasteiger partial charge is 0.481 e. The third-order valence-corrected chi connectivity index (χ3v) is 3.77. The first-order valence-corrected chi connectivity index (χ1v) is 7.09. The van der Waals surface area contributed by atoms with Gasteiger partial charge in [-0.05, 0) is 40.9 Å². The van der Waals surface area contributed by atoms with E-state index >= 15 is 0 Å². The predicted octanol–water partition coefficient (Wildman–Crippen LogP) is 2.74. The lowest BCUT2D eigenvalue weighted by molar-refractivity contribution is -0.145. The van der Waals surface area contributed by atoms with Crippen molar-refractivity contribution in [3.05, 3.63) is 46.6 Å². The zero-order valence-corrected chi connectivity index (χ0v) is 12.9. The topological polar surface area (TPSA) is 80.2 Å². The molecule has 1 atom stereocenters. The summed E-state index contributed by atoms with van der Waals surface area (Å²) in [5, 5.41) is 17.2. The number of hydrogen-bond donors (Lipinski definition) is 1. The summed E-state index contributed by atoms with van der Waals surface area (Å²) in [4.78, 5) is 22.6. The van der Waals surface area contributed by atoms with Gasteiger partial charge < -0.3 is 5.11 Å². The molecule has 5 nitrogen and oxygen atoms in total. The highest BCUT2D eigenvalue weighted by Gasteiger charge is 2.24. The number of carbonyl (C=O) groups is 2. The van der Waals surface area contributed by atoms with E-state index in [4.69, 9.17) is 5.11 Å². The van der Waals surface area contributed by atoms with Gasteiger partial charge in [-0.2, -0.15) is 0 Å². The highest BCUT2D eigenvalue weighted by Crippen LogP contribution is 2.23. The molecule has 0 aliphatic heterocycles. The summed E-state index contributed by atoms with van der Waals surface area (Å²) in [6.45, 7) is 1.28. The molecule has 1 N–H and O–H groups in total. The van der Waals surface area contributed by atoms with Gasteiger partial charge in [0.1, 0.15) is 16.3 Å². The van der Waals surface area contributed by atoms with Crippen LogP contribution in [0, 0.1) is 5.92 Å². The Morgan fingerprint density at radius 2 is 1.90 bits per heavy atom. The number of rotatable bonds is 5. The van der Waals surface area contributed by atoms with Crippen LogP contribution in [-0.2, 0) is 16.0 Å². The van der Waals surface area contributed by atoms with Gasteiger partial charge in [0.05, 0.1) is 5.69 Å². The Labute approximate surface area is 130 Å². The Hall–Kier alpha value is -2.08. The Morgan fingerprint density at radius 1 is 1.24 bits per heavy atom. The molecular weight excluding hydrogens is 336 g/mol. The molecular formula is C15H13BrN2O3. The Bertz CT molecular complexity index is 660. The molecule has 0 fully saturated rings. The fraction of sp³-hybridized carbons (Fsp3) is 0.200. The van der Waals surface area contributed by atoms with Crippen LogP contribution >= 0.6 is 15.9 Å². The number of Topliss-reactive ketones (excluding diaryl/α,β-unsaturated/α-hetero) is 1. The molecule has 0 spiro atoms. The Balaban J connectivity index is 2.36. The second-order valence-electron chi connectivity index (χ2n) is 4.62. The smallest absolute Gasteiger partial charge is 0.314 e. The van der Waals surface area contributed by atoms with E-state index in [1.165, 1.54) is 6.92 Å². The van der Waals surface area contributed by atoms with Gasteiger partial charge >= 0.3 is 5.97 Å². The maximum absolute atomic E-state index is 11.4. The van der Waals surface area contributed by atoms with Crippen molar-refractivity contribution in [2.45, 2.75) is 13.3 Å².